The molecule has 0 amide bonds. The van der Waals surface area contributed by atoms with E-state index in [0.717, 1.165) is 69.6 Å². The predicted octanol–water partition coefficient (Wildman–Crippen LogP) is 15.0. The van der Waals surface area contributed by atoms with Crippen LogP contribution in [-0.2, 0) is 28.6 Å². The van der Waals surface area contributed by atoms with Gasteiger partial charge < -0.3 is 14.2 Å². The lowest BCUT2D eigenvalue weighted by molar-refractivity contribution is -0.167. The molecule has 6 nitrogen and oxygen atoms in total. The first-order valence-corrected chi connectivity index (χ1v) is 23.8. The van der Waals surface area contributed by atoms with Crippen LogP contribution in [0.4, 0.5) is 0 Å². The molecule has 0 rings (SSSR count). The quantitative estimate of drug-likeness (QED) is 0.0350. The number of hydrogen-bond acceptors (Lipinski definition) is 6. The van der Waals surface area contributed by atoms with Crippen molar-refractivity contribution in [2.45, 2.75) is 265 Å². The van der Waals surface area contributed by atoms with Gasteiger partial charge in [0, 0.05) is 19.3 Å². The summed E-state index contributed by atoms with van der Waals surface area (Å²) in [5.41, 5.74) is 0. The van der Waals surface area contributed by atoms with Gasteiger partial charge in [0.15, 0.2) is 6.10 Å². The van der Waals surface area contributed by atoms with Gasteiger partial charge in [-0.2, -0.15) is 0 Å². The van der Waals surface area contributed by atoms with Crippen LogP contribution in [0.2, 0.25) is 0 Å². The molecular weight excluding hydrogens is 673 g/mol. The molecule has 0 aliphatic rings. The standard InChI is InChI=1S/C48H92O6/c1-6-8-9-10-21-28-33-38-46(49)52-41-45(54-48(51)40-35-30-25-20-16-15-18-23-27-32-37-44(5)7-2)42-53-47(50)39-34-29-24-19-14-12-11-13-17-22-26-31-36-43(3)4/h43-45H,6-42H2,1-5H3/t44?,45-/m1/s1. The lowest BCUT2D eigenvalue weighted by Crippen LogP contribution is -2.30. The van der Waals surface area contributed by atoms with Crippen molar-refractivity contribution in [3.05, 3.63) is 0 Å². The Morgan fingerprint density at radius 1 is 0.389 bits per heavy atom. The highest BCUT2D eigenvalue weighted by molar-refractivity contribution is 5.71. The zero-order valence-corrected chi connectivity index (χ0v) is 36.8. The van der Waals surface area contributed by atoms with Gasteiger partial charge in [-0.3, -0.25) is 14.4 Å². The SMILES string of the molecule is CCCCCCCCCC(=O)OC[C@H](COC(=O)CCCCCCCCCCCCCCC(C)C)OC(=O)CCCCCCCCCCCCC(C)CC. The zero-order chi connectivity index (χ0) is 39.7. The average Bonchev–Trinajstić information content (AvgIpc) is 3.15. The van der Waals surface area contributed by atoms with Gasteiger partial charge in [-0.25, -0.2) is 0 Å². The molecule has 0 bridgehead atoms. The minimum absolute atomic E-state index is 0.0648. The molecule has 320 valence electrons. The summed E-state index contributed by atoms with van der Waals surface area (Å²) < 4.78 is 16.7. The normalized spacial score (nSPS) is 12.6. The Morgan fingerprint density at radius 3 is 1.06 bits per heavy atom. The van der Waals surface area contributed by atoms with E-state index in [0.29, 0.717) is 19.3 Å². The van der Waals surface area contributed by atoms with Crippen LogP contribution in [-0.4, -0.2) is 37.2 Å². The average molecular weight is 765 g/mol. The lowest BCUT2D eigenvalue weighted by atomic mass is 9.99. The molecule has 0 aromatic carbocycles. The molecule has 1 unspecified atom stereocenters. The van der Waals surface area contributed by atoms with E-state index in [2.05, 4.69) is 34.6 Å². The van der Waals surface area contributed by atoms with Crippen LogP contribution in [0.25, 0.3) is 0 Å². The summed E-state index contributed by atoms with van der Waals surface area (Å²) in [7, 11) is 0. The molecule has 0 aliphatic heterocycles. The first-order valence-electron chi connectivity index (χ1n) is 23.8. The maximum atomic E-state index is 12.7. The van der Waals surface area contributed by atoms with E-state index >= 15 is 0 Å². The third-order valence-corrected chi connectivity index (χ3v) is 11.1. The van der Waals surface area contributed by atoms with Gasteiger partial charge in [-0.15, -0.1) is 0 Å². The van der Waals surface area contributed by atoms with Gasteiger partial charge in [0.25, 0.3) is 0 Å². The first-order chi connectivity index (χ1) is 26.3. The van der Waals surface area contributed by atoms with Gasteiger partial charge in [-0.1, -0.05) is 221 Å². The van der Waals surface area contributed by atoms with Crippen LogP contribution in [0, 0.1) is 11.8 Å². The Labute approximate surface area is 336 Å². The fourth-order valence-corrected chi connectivity index (χ4v) is 7.07. The number of rotatable bonds is 42. The molecular formula is C48H92O6. The fraction of sp³-hybridized carbons (Fsp3) is 0.938. The Kier molecular flexibility index (Phi) is 39.8. The molecule has 0 N–H and O–H groups in total. The van der Waals surface area contributed by atoms with Crippen molar-refractivity contribution < 1.29 is 28.6 Å². The van der Waals surface area contributed by atoms with Gasteiger partial charge in [-0.05, 0) is 31.1 Å². The molecule has 6 heteroatoms. The number of hydrogen-bond donors (Lipinski definition) is 0. The van der Waals surface area contributed by atoms with Crippen LogP contribution in [0.1, 0.15) is 259 Å². The van der Waals surface area contributed by atoms with Crippen molar-refractivity contribution in [3.8, 4) is 0 Å². The molecule has 0 aliphatic carbocycles. The third-order valence-electron chi connectivity index (χ3n) is 11.1. The summed E-state index contributed by atoms with van der Waals surface area (Å²) in [6.07, 6.45) is 39.5. The van der Waals surface area contributed by atoms with E-state index in [1.54, 1.807) is 0 Å². The summed E-state index contributed by atoms with van der Waals surface area (Å²) >= 11 is 0. The molecule has 54 heavy (non-hydrogen) atoms. The highest BCUT2D eigenvalue weighted by Gasteiger charge is 2.19. The minimum Gasteiger partial charge on any atom is -0.462 e. The van der Waals surface area contributed by atoms with E-state index in [9.17, 15) is 14.4 Å². The number of esters is 3. The van der Waals surface area contributed by atoms with Crippen LogP contribution in [0.5, 0.6) is 0 Å². The van der Waals surface area contributed by atoms with Crippen molar-refractivity contribution in [1.82, 2.24) is 0 Å². The molecule has 0 heterocycles. The van der Waals surface area contributed by atoms with Gasteiger partial charge >= 0.3 is 17.9 Å². The van der Waals surface area contributed by atoms with Crippen molar-refractivity contribution in [2.24, 2.45) is 11.8 Å². The number of unbranched alkanes of at least 4 members (excludes halogenated alkanes) is 26. The number of carbonyl (C=O) groups excluding carboxylic acids is 3. The van der Waals surface area contributed by atoms with Crippen molar-refractivity contribution in [1.29, 1.82) is 0 Å². The second kappa shape index (κ2) is 41.1. The van der Waals surface area contributed by atoms with E-state index in [1.807, 2.05) is 0 Å². The molecule has 0 aromatic rings. The van der Waals surface area contributed by atoms with Crippen LogP contribution in [0.15, 0.2) is 0 Å². The van der Waals surface area contributed by atoms with Gasteiger partial charge in [0.05, 0.1) is 0 Å². The summed E-state index contributed by atoms with van der Waals surface area (Å²) in [5.74, 6) is 0.841. The summed E-state index contributed by atoms with van der Waals surface area (Å²) in [5, 5.41) is 0. The molecule has 0 radical (unpaired) electrons. The Balaban J connectivity index is 4.26. The minimum atomic E-state index is -0.760. The third kappa shape index (κ3) is 40.1. The van der Waals surface area contributed by atoms with E-state index in [-0.39, 0.29) is 31.1 Å². The Bertz CT molecular complexity index is 826. The Morgan fingerprint density at radius 2 is 0.704 bits per heavy atom. The van der Waals surface area contributed by atoms with Crippen molar-refractivity contribution in [3.63, 3.8) is 0 Å². The second-order valence-electron chi connectivity index (χ2n) is 17.1. The maximum Gasteiger partial charge on any atom is 0.306 e. The number of ether oxygens (including phenoxy) is 3. The van der Waals surface area contributed by atoms with Crippen molar-refractivity contribution in [2.75, 3.05) is 13.2 Å². The summed E-state index contributed by atoms with van der Waals surface area (Å²) in [6, 6.07) is 0. The van der Waals surface area contributed by atoms with E-state index in [1.165, 1.54) is 148 Å². The zero-order valence-electron chi connectivity index (χ0n) is 36.8. The molecule has 2 atom stereocenters. The van der Waals surface area contributed by atoms with Crippen LogP contribution >= 0.6 is 0 Å². The number of carbonyl (C=O) groups is 3. The summed E-state index contributed by atoms with van der Waals surface area (Å²) in [4.78, 5) is 37.7. The van der Waals surface area contributed by atoms with Crippen LogP contribution in [0.3, 0.4) is 0 Å². The molecule has 0 saturated heterocycles. The molecule has 0 spiro atoms. The largest absolute Gasteiger partial charge is 0.462 e. The fourth-order valence-electron chi connectivity index (χ4n) is 7.07. The molecule has 0 aromatic heterocycles. The van der Waals surface area contributed by atoms with Crippen LogP contribution < -0.4 is 0 Å². The smallest absolute Gasteiger partial charge is 0.306 e. The topological polar surface area (TPSA) is 78.9 Å². The van der Waals surface area contributed by atoms with Gasteiger partial charge in [0.1, 0.15) is 13.2 Å². The van der Waals surface area contributed by atoms with Gasteiger partial charge in [0.2, 0.25) is 0 Å². The first kappa shape index (κ1) is 52.4. The van der Waals surface area contributed by atoms with E-state index in [4.69, 9.17) is 14.2 Å². The second-order valence-corrected chi connectivity index (χ2v) is 17.1. The maximum absolute atomic E-state index is 12.7. The monoisotopic (exact) mass is 765 g/mol. The molecule has 0 fully saturated rings. The highest BCUT2D eigenvalue weighted by Crippen LogP contribution is 2.17. The highest BCUT2D eigenvalue weighted by atomic mass is 16.6. The summed E-state index contributed by atoms with van der Waals surface area (Å²) in [6.45, 7) is 11.3. The van der Waals surface area contributed by atoms with E-state index < -0.39 is 6.10 Å². The predicted molar refractivity (Wildman–Crippen MR) is 229 cm³/mol. The lowest BCUT2D eigenvalue weighted by Gasteiger charge is -2.18. The Hall–Kier alpha value is -1.59. The molecule has 0 saturated carbocycles. The van der Waals surface area contributed by atoms with Crippen molar-refractivity contribution >= 4 is 17.9 Å².